The Morgan fingerprint density at radius 1 is 1.26 bits per heavy atom. The molecule has 0 unspecified atom stereocenters. The fourth-order valence-electron chi connectivity index (χ4n) is 2.14. The Morgan fingerprint density at radius 3 is 2.52 bits per heavy atom. The van der Waals surface area contributed by atoms with Crippen molar-refractivity contribution in [2.24, 2.45) is 0 Å². The van der Waals surface area contributed by atoms with Crippen LogP contribution >= 0.6 is 11.6 Å². The standard InChI is InChI=1S/C15H18ClN5O2/c1-9-5-12(21(22)23)7-13(16)14(9)17-8-11-6-10(2)18-15(19-11)20(3)4/h5-7,17H,8H2,1-4H3. The molecule has 0 spiro atoms. The van der Waals surface area contributed by atoms with E-state index in [1.807, 2.05) is 32.0 Å². The molecule has 1 N–H and O–H groups in total. The van der Waals surface area contributed by atoms with Gasteiger partial charge in [-0.2, -0.15) is 0 Å². The molecular formula is C15H18ClN5O2. The fourth-order valence-corrected chi connectivity index (χ4v) is 2.47. The minimum Gasteiger partial charge on any atom is -0.378 e. The van der Waals surface area contributed by atoms with Crippen molar-refractivity contribution in [3.05, 3.63) is 50.3 Å². The normalized spacial score (nSPS) is 10.5. The topological polar surface area (TPSA) is 84.2 Å². The van der Waals surface area contributed by atoms with Crippen LogP contribution < -0.4 is 10.2 Å². The van der Waals surface area contributed by atoms with Gasteiger partial charge >= 0.3 is 0 Å². The quantitative estimate of drug-likeness (QED) is 0.666. The van der Waals surface area contributed by atoms with Gasteiger partial charge in [0.2, 0.25) is 5.95 Å². The predicted molar refractivity (Wildman–Crippen MR) is 91.3 cm³/mol. The number of aromatic nitrogens is 2. The first-order valence-corrected chi connectivity index (χ1v) is 7.36. The summed E-state index contributed by atoms with van der Waals surface area (Å²) in [5.74, 6) is 0.633. The maximum absolute atomic E-state index is 10.8. The molecule has 0 bridgehead atoms. The number of nitrogens with zero attached hydrogens (tertiary/aromatic N) is 4. The fraction of sp³-hybridized carbons (Fsp3) is 0.333. The molecule has 0 aliphatic rings. The van der Waals surface area contributed by atoms with Gasteiger partial charge in [-0.1, -0.05) is 11.6 Å². The number of nitrogens with one attached hydrogen (secondary N) is 1. The average Bonchev–Trinajstić information content (AvgIpc) is 2.45. The van der Waals surface area contributed by atoms with E-state index in [1.54, 1.807) is 6.92 Å². The third-order valence-corrected chi connectivity index (χ3v) is 3.52. The molecule has 1 heterocycles. The molecule has 1 aromatic carbocycles. The van der Waals surface area contributed by atoms with Crippen LogP contribution in [0.3, 0.4) is 0 Å². The molecule has 2 aromatic rings. The molecule has 0 saturated carbocycles. The van der Waals surface area contributed by atoms with Crippen LogP contribution in [-0.4, -0.2) is 29.0 Å². The lowest BCUT2D eigenvalue weighted by Gasteiger charge is -2.14. The lowest BCUT2D eigenvalue weighted by atomic mass is 10.1. The van der Waals surface area contributed by atoms with E-state index in [0.717, 1.165) is 11.4 Å². The number of nitro groups is 1. The maximum atomic E-state index is 10.8. The summed E-state index contributed by atoms with van der Waals surface area (Å²) in [6.07, 6.45) is 0. The summed E-state index contributed by atoms with van der Waals surface area (Å²) in [7, 11) is 3.76. The number of rotatable bonds is 5. The van der Waals surface area contributed by atoms with Crippen molar-refractivity contribution in [3.63, 3.8) is 0 Å². The van der Waals surface area contributed by atoms with Gasteiger partial charge in [0, 0.05) is 31.9 Å². The van der Waals surface area contributed by atoms with Crippen LogP contribution in [0.2, 0.25) is 5.02 Å². The summed E-state index contributed by atoms with van der Waals surface area (Å²) < 4.78 is 0. The van der Waals surface area contributed by atoms with E-state index in [1.165, 1.54) is 12.1 Å². The van der Waals surface area contributed by atoms with Crippen molar-refractivity contribution in [3.8, 4) is 0 Å². The van der Waals surface area contributed by atoms with Crippen LogP contribution in [0, 0.1) is 24.0 Å². The number of benzene rings is 1. The molecule has 0 radical (unpaired) electrons. The first-order chi connectivity index (χ1) is 10.8. The van der Waals surface area contributed by atoms with Crippen LogP contribution in [-0.2, 0) is 6.54 Å². The lowest BCUT2D eigenvalue weighted by molar-refractivity contribution is -0.384. The Balaban J connectivity index is 2.23. The van der Waals surface area contributed by atoms with Gasteiger partial charge in [-0.15, -0.1) is 0 Å². The average molecular weight is 336 g/mol. The van der Waals surface area contributed by atoms with Gasteiger partial charge in [0.15, 0.2) is 0 Å². The van der Waals surface area contributed by atoms with Crippen molar-refractivity contribution in [1.29, 1.82) is 0 Å². The molecular weight excluding hydrogens is 318 g/mol. The van der Waals surface area contributed by atoms with Crippen molar-refractivity contribution >= 4 is 28.9 Å². The minimum atomic E-state index is -0.459. The molecule has 8 heteroatoms. The number of hydrogen-bond acceptors (Lipinski definition) is 6. The number of hydrogen-bond donors (Lipinski definition) is 1. The summed E-state index contributed by atoms with van der Waals surface area (Å²) in [5.41, 5.74) is 3.04. The van der Waals surface area contributed by atoms with Gasteiger partial charge in [0.25, 0.3) is 5.69 Å². The van der Waals surface area contributed by atoms with Crippen LogP contribution in [0.25, 0.3) is 0 Å². The van der Waals surface area contributed by atoms with Crippen molar-refractivity contribution in [2.75, 3.05) is 24.3 Å². The Kier molecular flexibility index (Phi) is 5.00. The lowest BCUT2D eigenvalue weighted by Crippen LogP contribution is -2.15. The van der Waals surface area contributed by atoms with Gasteiger partial charge in [-0.25, -0.2) is 9.97 Å². The summed E-state index contributed by atoms with van der Waals surface area (Å²) in [6.45, 7) is 4.13. The highest BCUT2D eigenvalue weighted by Crippen LogP contribution is 2.31. The highest BCUT2D eigenvalue weighted by atomic mass is 35.5. The third kappa shape index (κ3) is 4.07. The van der Waals surface area contributed by atoms with Gasteiger partial charge in [-0.05, 0) is 25.5 Å². The van der Waals surface area contributed by atoms with Crippen LogP contribution in [0.4, 0.5) is 17.3 Å². The number of halogens is 1. The third-order valence-electron chi connectivity index (χ3n) is 3.22. The Labute approximate surface area is 139 Å². The zero-order valence-electron chi connectivity index (χ0n) is 13.4. The van der Waals surface area contributed by atoms with E-state index in [0.29, 0.717) is 28.8 Å². The molecule has 0 aliphatic carbocycles. The predicted octanol–water partition coefficient (Wildman–Crippen LogP) is 3.33. The number of nitro benzene ring substituents is 1. The minimum absolute atomic E-state index is 0.0224. The Morgan fingerprint density at radius 2 is 1.96 bits per heavy atom. The second-order valence-electron chi connectivity index (χ2n) is 5.43. The first kappa shape index (κ1) is 17.0. The summed E-state index contributed by atoms with van der Waals surface area (Å²) >= 11 is 6.15. The zero-order valence-corrected chi connectivity index (χ0v) is 14.2. The smallest absolute Gasteiger partial charge is 0.271 e. The number of non-ortho nitro benzene ring substituents is 1. The van der Waals surface area contributed by atoms with Gasteiger partial charge in [0.05, 0.1) is 27.9 Å². The number of anilines is 2. The summed E-state index contributed by atoms with van der Waals surface area (Å²) in [5, 5.41) is 14.3. The first-order valence-electron chi connectivity index (χ1n) is 6.98. The zero-order chi connectivity index (χ0) is 17.1. The molecule has 0 atom stereocenters. The van der Waals surface area contributed by atoms with E-state index in [-0.39, 0.29) is 5.69 Å². The molecule has 0 amide bonds. The highest BCUT2D eigenvalue weighted by molar-refractivity contribution is 6.33. The van der Waals surface area contributed by atoms with Gasteiger partial charge in [0.1, 0.15) is 0 Å². The monoisotopic (exact) mass is 335 g/mol. The van der Waals surface area contributed by atoms with E-state index in [2.05, 4.69) is 15.3 Å². The SMILES string of the molecule is Cc1cc(CNc2c(C)cc([N+](=O)[O-])cc2Cl)nc(N(C)C)n1. The van der Waals surface area contributed by atoms with Crippen LogP contribution in [0.15, 0.2) is 18.2 Å². The van der Waals surface area contributed by atoms with E-state index in [4.69, 9.17) is 11.6 Å². The van der Waals surface area contributed by atoms with Gasteiger partial charge < -0.3 is 10.2 Å². The number of aryl methyl sites for hydroxylation is 2. The summed E-state index contributed by atoms with van der Waals surface area (Å²) in [4.78, 5) is 21.0. The van der Waals surface area contributed by atoms with E-state index < -0.39 is 4.92 Å². The molecule has 23 heavy (non-hydrogen) atoms. The van der Waals surface area contributed by atoms with Crippen molar-refractivity contribution in [2.45, 2.75) is 20.4 Å². The molecule has 1 aromatic heterocycles. The molecule has 0 saturated heterocycles. The van der Waals surface area contributed by atoms with Crippen LogP contribution in [0.1, 0.15) is 17.0 Å². The molecule has 7 nitrogen and oxygen atoms in total. The van der Waals surface area contributed by atoms with Crippen LogP contribution in [0.5, 0.6) is 0 Å². The van der Waals surface area contributed by atoms with Crippen molar-refractivity contribution in [1.82, 2.24) is 9.97 Å². The largest absolute Gasteiger partial charge is 0.378 e. The Hall–Kier alpha value is -2.41. The highest BCUT2D eigenvalue weighted by Gasteiger charge is 2.13. The second-order valence-corrected chi connectivity index (χ2v) is 5.83. The van der Waals surface area contributed by atoms with E-state index in [9.17, 15) is 10.1 Å². The molecule has 0 aliphatic heterocycles. The van der Waals surface area contributed by atoms with Crippen molar-refractivity contribution < 1.29 is 4.92 Å². The summed E-state index contributed by atoms with van der Waals surface area (Å²) in [6, 6.07) is 4.71. The molecule has 2 rings (SSSR count). The second kappa shape index (κ2) is 6.78. The van der Waals surface area contributed by atoms with E-state index >= 15 is 0 Å². The molecule has 122 valence electrons. The van der Waals surface area contributed by atoms with Gasteiger partial charge in [-0.3, -0.25) is 10.1 Å². The molecule has 0 fully saturated rings. The Bertz CT molecular complexity index is 726. The maximum Gasteiger partial charge on any atom is 0.271 e.